The van der Waals surface area contributed by atoms with E-state index in [-0.39, 0.29) is 5.97 Å². The molecule has 0 radical (unpaired) electrons. The van der Waals surface area contributed by atoms with Crippen molar-refractivity contribution < 1.29 is 14.3 Å². The summed E-state index contributed by atoms with van der Waals surface area (Å²) in [6.45, 7) is 5.30. The lowest BCUT2D eigenvalue weighted by Gasteiger charge is -2.22. The maximum Gasteiger partial charge on any atom is 0.336 e. The quantitative estimate of drug-likeness (QED) is 0.417. The van der Waals surface area contributed by atoms with Gasteiger partial charge in [-0.2, -0.15) is 0 Å². The number of rotatable bonds is 5. The Balaban J connectivity index is 2.70. The molecule has 0 saturated heterocycles. The maximum atomic E-state index is 11.5. The third-order valence-electron chi connectivity index (χ3n) is 3.33. The van der Waals surface area contributed by atoms with Crippen molar-refractivity contribution in [2.75, 3.05) is 7.11 Å². The fourth-order valence-electron chi connectivity index (χ4n) is 2.31. The first kappa shape index (κ1) is 13.8. The zero-order valence-electron chi connectivity index (χ0n) is 10.8. The van der Waals surface area contributed by atoms with Gasteiger partial charge in [-0.25, -0.2) is 4.79 Å². The fourth-order valence-corrected chi connectivity index (χ4v) is 2.31. The molecule has 0 aromatic carbocycles. The zero-order chi connectivity index (χ0) is 12.7. The van der Waals surface area contributed by atoms with Crippen LogP contribution in [0.25, 0.3) is 0 Å². The molecule has 1 aliphatic carbocycles. The second kappa shape index (κ2) is 7.15. The fraction of sp³-hybridized carbons (Fsp3) is 0.643. The van der Waals surface area contributed by atoms with Crippen LogP contribution in [0.5, 0.6) is 0 Å². The first-order valence-corrected chi connectivity index (χ1v) is 6.24. The lowest BCUT2D eigenvalue weighted by Crippen LogP contribution is -2.12. The highest BCUT2D eigenvalue weighted by Crippen LogP contribution is 2.30. The minimum Gasteiger partial charge on any atom is -0.469 e. The highest BCUT2D eigenvalue weighted by molar-refractivity contribution is 5.88. The number of methoxy groups -OCH3 is 1. The van der Waals surface area contributed by atoms with E-state index in [1.54, 1.807) is 6.92 Å². The van der Waals surface area contributed by atoms with E-state index in [1.807, 2.05) is 0 Å². The van der Waals surface area contributed by atoms with Gasteiger partial charge in [0.15, 0.2) is 0 Å². The number of esters is 1. The number of carbonyl (C=O) groups is 1. The van der Waals surface area contributed by atoms with Gasteiger partial charge in [-0.3, -0.25) is 0 Å². The minimum atomic E-state index is -0.322. The number of carbonyl (C=O) groups excluding carboxylic acids is 1. The molecule has 0 heterocycles. The summed E-state index contributed by atoms with van der Waals surface area (Å²) in [6, 6.07) is 0. The molecule has 1 aliphatic rings. The molecule has 0 aromatic heterocycles. The molecule has 0 bridgehead atoms. The van der Waals surface area contributed by atoms with Crippen LogP contribution in [0.4, 0.5) is 0 Å². The first-order chi connectivity index (χ1) is 8.19. The van der Waals surface area contributed by atoms with Crippen molar-refractivity contribution in [1.82, 2.24) is 0 Å². The molecular weight excluding hydrogens is 216 g/mol. The summed E-state index contributed by atoms with van der Waals surface area (Å²) in [5.41, 5.74) is 0.554. The molecule has 0 N–H and O–H groups in total. The number of ether oxygens (including phenoxy) is 2. The van der Waals surface area contributed by atoms with Crippen LogP contribution in [0.2, 0.25) is 0 Å². The molecule has 17 heavy (non-hydrogen) atoms. The van der Waals surface area contributed by atoms with Gasteiger partial charge in [0.1, 0.15) is 5.76 Å². The summed E-state index contributed by atoms with van der Waals surface area (Å²) in [5.74, 6) is 1.01. The summed E-state index contributed by atoms with van der Waals surface area (Å²) in [6.07, 6.45) is 8.52. The van der Waals surface area contributed by atoms with Gasteiger partial charge in [0.25, 0.3) is 0 Å². The second-order valence-electron chi connectivity index (χ2n) is 4.53. The molecule has 1 rings (SSSR count). The van der Waals surface area contributed by atoms with Crippen molar-refractivity contribution in [3.8, 4) is 0 Å². The normalized spacial score (nSPS) is 18.2. The third kappa shape index (κ3) is 4.25. The molecule has 3 heteroatoms. The van der Waals surface area contributed by atoms with Gasteiger partial charge in [-0.1, -0.05) is 38.7 Å². The summed E-state index contributed by atoms with van der Waals surface area (Å²) in [7, 11) is 1.39. The Hall–Kier alpha value is -1.25. The molecule has 0 aliphatic heterocycles. The Labute approximate surface area is 103 Å². The Morgan fingerprint density at radius 2 is 2.00 bits per heavy atom. The average molecular weight is 238 g/mol. The summed E-state index contributed by atoms with van der Waals surface area (Å²) in [5, 5.41) is 0. The minimum absolute atomic E-state index is 0.322. The van der Waals surface area contributed by atoms with E-state index < -0.39 is 0 Å². The van der Waals surface area contributed by atoms with Crippen LogP contribution >= 0.6 is 0 Å². The van der Waals surface area contributed by atoms with Crippen LogP contribution in [0, 0.1) is 5.92 Å². The van der Waals surface area contributed by atoms with Crippen LogP contribution in [-0.2, 0) is 14.3 Å². The number of hydrogen-bond acceptors (Lipinski definition) is 3. The Morgan fingerprint density at radius 1 is 1.35 bits per heavy atom. The first-order valence-electron chi connectivity index (χ1n) is 6.24. The average Bonchev–Trinajstić information content (AvgIpc) is 2.37. The molecule has 0 atom stereocenters. The molecule has 3 nitrogen and oxygen atoms in total. The van der Waals surface area contributed by atoms with Crippen LogP contribution in [0.3, 0.4) is 0 Å². The molecule has 96 valence electrons. The smallest absolute Gasteiger partial charge is 0.336 e. The molecule has 1 saturated carbocycles. The highest BCUT2D eigenvalue weighted by atomic mass is 16.5. The lowest BCUT2D eigenvalue weighted by atomic mass is 9.86. The largest absolute Gasteiger partial charge is 0.469 e. The van der Waals surface area contributed by atoms with E-state index in [0.29, 0.717) is 17.3 Å². The highest BCUT2D eigenvalue weighted by Gasteiger charge is 2.19. The van der Waals surface area contributed by atoms with Crippen molar-refractivity contribution >= 4 is 5.97 Å². The van der Waals surface area contributed by atoms with Crippen LogP contribution in [0.1, 0.15) is 45.4 Å². The van der Waals surface area contributed by atoms with Gasteiger partial charge >= 0.3 is 5.97 Å². The Kier molecular flexibility index (Phi) is 5.81. The van der Waals surface area contributed by atoms with Crippen molar-refractivity contribution in [2.24, 2.45) is 5.92 Å². The maximum absolute atomic E-state index is 11.5. The van der Waals surface area contributed by atoms with E-state index in [2.05, 4.69) is 6.58 Å². The number of hydrogen-bond donors (Lipinski definition) is 0. The molecule has 0 spiro atoms. The van der Waals surface area contributed by atoms with Gasteiger partial charge in [-0.15, -0.1) is 0 Å². The molecule has 0 amide bonds. The SMILES string of the molecule is C=COC(CC1CCCCC1)=C(C)C(=O)OC. The molecular formula is C14H22O3. The van der Waals surface area contributed by atoms with E-state index in [1.165, 1.54) is 45.5 Å². The summed E-state index contributed by atoms with van der Waals surface area (Å²) < 4.78 is 10.1. The molecule has 1 fully saturated rings. The predicted octanol–water partition coefficient (Wildman–Crippen LogP) is 3.56. The van der Waals surface area contributed by atoms with Gasteiger partial charge in [0.05, 0.1) is 18.9 Å². The van der Waals surface area contributed by atoms with Crippen LogP contribution < -0.4 is 0 Å². The van der Waals surface area contributed by atoms with E-state index in [4.69, 9.17) is 9.47 Å². The van der Waals surface area contributed by atoms with E-state index in [9.17, 15) is 4.79 Å². The third-order valence-corrected chi connectivity index (χ3v) is 3.33. The van der Waals surface area contributed by atoms with Gasteiger partial charge in [0, 0.05) is 6.42 Å². The van der Waals surface area contributed by atoms with Crippen molar-refractivity contribution in [2.45, 2.75) is 45.4 Å². The zero-order valence-corrected chi connectivity index (χ0v) is 10.8. The standard InChI is InChI=1S/C14H22O3/c1-4-17-13(11(2)14(15)16-3)10-12-8-6-5-7-9-12/h4,12H,1,5-10H2,2-3H3. The molecule has 0 aromatic rings. The van der Waals surface area contributed by atoms with Crippen molar-refractivity contribution in [1.29, 1.82) is 0 Å². The van der Waals surface area contributed by atoms with Crippen molar-refractivity contribution in [3.05, 3.63) is 24.2 Å². The lowest BCUT2D eigenvalue weighted by molar-refractivity contribution is -0.136. The van der Waals surface area contributed by atoms with Crippen molar-refractivity contribution in [3.63, 3.8) is 0 Å². The number of allylic oxidation sites excluding steroid dienone is 1. The molecule has 0 unspecified atom stereocenters. The van der Waals surface area contributed by atoms with Gasteiger partial charge < -0.3 is 9.47 Å². The summed E-state index contributed by atoms with van der Waals surface area (Å²) >= 11 is 0. The topological polar surface area (TPSA) is 35.5 Å². The van der Waals surface area contributed by atoms with Crippen LogP contribution in [0.15, 0.2) is 24.2 Å². The second-order valence-corrected chi connectivity index (χ2v) is 4.53. The van der Waals surface area contributed by atoms with E-state index in [0.717, 1.165) is 6.42 Å². The summed E-state index contributed by atoms with van der Waals surface area (Å²) in [4.78, 5) is 11.5. The van der Waals surface area contributed by atoms with Crippen LogP contribution in [-0.4, -0.2) is 13.1 Å². The van der Waals surface area contributed by atoms with Gasteiger partial charge in [-0.05, 0) is 12.8 Å². The van der Waals surface area contributed by atoms with E-state index >= 15 is 0 Å². The Bertz CT molecular complexity index is 299. The Morgan fingerprint density at radius 3 is 2.53 bits per heavy atom. The monoisotopic (exact) mass is 238 g/mol. The van der Waals surface area contributed by atoms with Gasteiger partial charge in [0.2, 0.25) is 0 Å². The predicted molar refractivity (Wildman–Crippen MR) is 67.2 cm³/mol.